The molecule has 2 N–H and O–H groups in total. The highest BCUT2D eigenvalue weighted by Gasteiger charge is 2.47. The minimum atomic E-state index is -2.77. The average molecular weight is 544 g/mol. The van der Waals surface area contributed by atoms with Crippen LogP contribution in [0.5, 0.6) is 0 Å². The zero-order chi connectivity index (χ0) is 27.0. The summed E-state index contributed by atoms with van der Waals surface area (Å²) in [5.74, 6) is -4.18. The molecule has 0 amide bonds. The van der Waals surface area contributed by atoms with Gasteiger partial charge in [-0.25, -0.2) is 18.2 Å². The second-order valence-corrected chi connectivity index (χ2v) is 11.1. The maximum Gasteiger partial charge on any atom is 0.315 e. The van der Waals surface area contributed by atoms with E-state index in [1.54, 1.807) is 11.0 Å². The summed E-state index contributed by atoms with van der Waals surface area (Å²) in [5, 5.41) is 13.3. The summed E-state index contributed by atoms with van der Waals surface area (Å²) in [4.78, 5) is 24.7. The third-order valence-electron chi connectivity index (χ3n) is 7.75. The molecule has 2 aliphatic heterocycles. The summed E-state index contributed by atoms with van der Waals surface area (Å²) in [6, 6.07) is 7.66. The fourth-order valence-electron chi connectivity index (χ4n) is 6.13. The van der Waals surface area contributed by atoms with Crippen molar-refractivity contribution in [2.45, 2.75) is 43.6 Å². The summed E-state index contributed by atoms with van der Waals surface area (Å²) < 4.78 is 43.1. The molecule has 0 radical (unpaired) electrons. The topological polar surface area (TPSA) is 81.6 Å². The number of carbonyl (C=O) groups is 1. The zero-order valence-electron chi connectivity index (χ0n) is 20.7. The number of anilines is 4. The minimum Gasteiger partial charge on any atom is -0.481 e. The van der Waals surface area contributed by atoms with E-state index in [0.29, 0.717) is 35.6 Å². The Labute approximate surface area is 222 Å². The Morgan fingerprint density at radius 2 is 2.00 bits per heavy atom. The second-order valence-electron chi connectivity index (χ2n) is 10.7. The number of likely N-dealkylation sites (N-methyl/N-ethyl adjacent to an activating group) is 1. The number of nitrogens with one attached hydrogen (secondary N) is 1. The van der Waals surface area contributed by atoms with Crippen molar-refractivity contribution >= 4 is 40.7 Å². The number of carboxylic acid groups (broad SMARTS) is 1. The van der Waals surface area contributed by atoms with E-state index < -0.39 is 23.1 Å². The standard InChI is InChI=1S/C27H25ClF3N5O2/c1-26(24(37)38)13-36(21-4-3-17(29)7-19(21)26)23-20(28)10-32-25(34-23)33-18-5-14-8-27(30,31)9-16-12-35(2)11-15(6-18)22(14)16/h3-7,10,16H,8-9,11-13H2,1-2H3,(H,37,38)(H,32,33,34). The van der Waals surface area contributed by atoms with Crippen LogP contribution in [-0.2, 0) is 23.2 Å². The number of benzene rings is 2. The molecule has 2 aromatic carbocycles. The Balaban J connectivity index is 1.37. The monoisotopic (exact) mass is 543 g/mol. The molecule has 38 heavy (non-hydrogen) atoms. The number of hydrogen-bond donors (Lipinski definition) is 2. The molecular formula is C27H25ClF3N5O2. The van der Waals surface area contributed by atoms with Gasteiger partial charge in [0, 0.05) is 49.8 Å². The Hall–Kier alpha value is -3.37. The van der Waals surface area contributed by atoms with Gasteiger partial charge in [-0.05, 0) is 66.6 Å². The van der Waals surface area contributed by atoms with Crippen LogP contribution in [-0.4, -0.2) is 52.0 Å². The van der Waals surface area contributed by atoms with Gasteiger partial charge in [-0.3, -0.25) is 4.79 Å². The van der Waals surface area contributed by atoms with Gasteiger partial charge in [0.2, 0.25) is 5.95 Å². The molecule has 3 aliphatic rings. The van der Waals surface area contributed by atoms with Crippen LogP contribution in [0.3, 0.4) is 0 Å². The molecule has 0 saturated heterocycles. The molecule has 3 heterocycles. The van der Waals surface area contributed by atoms with Crippen LogP contribution in [0.1, 0.15) is 41.5 Å². The molecule has 1 aromatic heterocycles. The van der Waals surface area contributed by atoms with Gasteiger partial charge in [0.25, 0.3) is 5.92 Å². The lowest BCUT2D eigenvalue weighted by Gasteiger charge is -2.39. The first-order chi connectivity index (χ1) is 17.9. The maximum absolute atomic E-state index is 14.5. The highest BCUT2D eigenvalue weighted by molar-refractivity contribution is 6.33. The van der Waals surface area contributed by atoms with Crippen molar-refractivity contribution < 1.29 is 23.1 Å². The summed E-state index contributed by atoms with van der Waals surface area (Å²) >= 11 is 6.46. The number of hydrogen-bond acceptors (Lipinski definition) is 6. The van der Waals surface area contributed by atoms with Crippen LogP contribution in [0.2, 0.25) is 5.02 Å². The summed E-state index contributed by atoms with van der Waals surface area (Å²) in [6.45, 7) is 2.77. The van der Waals surface area contributed by atoms with Gasteiger partial charge in [0.05, 0.1) is 6.20 Å². The first-order valence-electron chi connectivity index (χ1n) is 12.3. The molecule has 0 bridgehead atoms. The maximum atomic E-state index is 14.5. The van der Waals surface area contributed by atoms with Gasteiger partial charge in [0.1, 0.15) is 16.3 Å². The smallest absolute Gasteiger partial charge is 0.315 e. The number of fused-ring (bicyclic) bond motifs is 1. The van der Waals surface area contributed by atoms with Crippen molar-refractivity contribution in [3.05, 3.63) is 69.6 Å². The normalized spacial score (nSPS) is 23.6. The number of rotatable bonds is 4. The van der Waals surface area contributed by atoms with E-state index in [-0.39, 0.29) is 42.1 Å². The first kappa shape index (κ1) is 24.9. The SMILES string of the molecule is CN1Cc2cc(Nc3ncc(Cl)c(N4CC(C)(C(=O)O)c5cc(F)ccc54)n3)cc3c2C(C1)CC(F)(F)C3. The van der Waals surface area contributed by atoms with Gasteiger partial charge in [0.15, 0.2) is 5.82 Å². The van der Waals surface area contributed by atoms with Gasteiger partial charge >= 0.3 is 5.97 Å². The third-order valence-corrected chi connectivity index (χ3v) is 8.02. The quantitative estimate of drug-likeness (QED) is 0.442. The van der Waals surface area contributed by atoms with Crippen molar-refractivity contribution in [2.24, 2.45) is 0 Å². The van der Waals surface area contributed by atoms with Crippen molar-refractivity contribution in [3.63, 3.8) is 0 Å². The van der Waals surface area contributed by atoms with Gasteiger partial charge in [-0.2, -0.15) is 4.98 Å². The van der Waals surface area contributed by atoms with Gasteiger partial charge in [-0.1, -0.05) is 11.6 Å². The average Bonchev–Trinajstić information content (AvgIpc) is 3.12. The molecule has 0 fully saturated rings. The van der Waals surface area contributed by atoms with Crippen molar-refractivity contribution in [3.8, 4) is 0 Å². The number of aliphatic carboxylic acids is 1. The fraction of sp³-hybridized carbons (Fsp3) is 0.370. The second kappa shape index (κ2) is 8.57. The molecule has 3 aromatic rings. The minimum absolute atomic E-state index is 0.0108. The lowest BCUT2D eigenvalue weighted by molar-refractivity contribution is -0.142. The fourth-order valence-corrected chi connectivity index (χ4v) is 6.33. The molecular weight excluding hydrogens is 519 g/mol. The molecule has 11 heteroatoms. The van der Waals surface area contributed by atoms with E-state index in [0.717, 1.165) is 11.1 Å². The van der Waals surface area contributed by atoms with Crippen LogP contribution in [0.15, 0.2) is 36.5 Å². The Morgan fingerprint density at radius 1 is 1.24 bits per heavy atom. The third kappa shape index (κ3) is 4.06. The predicted octanol–water partition coefficient (Wildman–Crippen LogP) is 5.62. The van der Waals surface area contributed by atoms with E-state index in [4.69, 9.17) is 11.6 Å². The molecule has 198 valence electrons. The number of aromatic nitrogens is 2. The molecule has 2 atom stereocenters. The molecule has 6 rings (SSSR count). The van der Waals surface area contributed by atoms with E-state index in [1.807, 2.05) is 18.0 Å². The number of nitrogens with zero attached hydrogens (tertiary/aromatic N) is 4. The lowest BCUT2D eigenvalue weighted by atomic mass is 9.76. The summed E-state index contributed by atoms with van der Waals surface area (Å²) in [6.07, 6.45) is 0.934. The molecule has 1 aliphatic carbocycles. The van der Waals surface area contributed by atoms with Crippen LogP contribution in [0, 0.1) is 5.82 Å². The first-order valence-corrected chi connectivity index (χ1v) is 12.6. The van der Waals surface area contributed by atoms with Crippen LogP contribution >= 0.6 is 11.6 Å². The predicted molar refractivity (Wildman–Crippen MR) is 138 cm³/mol. The Morgan fingerprint density at radius 3 is 2.76 bits per heavy atom. The summed E-state index contributed by atoms with van der Waals surface area (Å²) in [7, 11) is 1.93. The van der Waals surface area contributed by atoms with Crippen molar-refractivity contribution in [1.82, 2.24) is 14.9 Å². The number of carboxylic acids is 1. The van der Waals surface area contributed by atoms with E-state index in [1.165, 1.54) is 31.3 Å². The Bertz CT molecular complexity index is 1490. The molecule has 2 unspecified atom stereocenters. The molecule has 7 nitrogen and oxygen atoms in total. The van der Waals surface area contributed by atoms with Gasteiger partial charge in [-0.15, -0.1) is 0 Å². The van der Waals surface area contributed by atoms with Crippen molar-refractivity contribution in [2.75, 3.05) is 30.4 Å². The highest BCUT2D eigenvalue weighted by Crippen LogP contribution is 2.47. The molecule has 0 spiro atoms. The highest BCUT2D eigenvalue weighted by atomic mass is 35.5. The summed E-state index contributed by atoms with van der Waals surface area (Å²) in [5.41, 5.74) is 2.65. The largest absolute Gasteiger partial charge is 0.481 e. The lowest BCUT2D eigenvalue weighted by Crippen LogP contribution is -2.39. The van der Waals surface area contributed by atoms with Crippen molar-refractivity contribution in [1.29, 1.82) is 0 Å². The molecule has 0 saturated carbocycles. The Kier molecular flexibility index (Phi) is 5.63. The van der Waals surface area contributed by atoms with Crippen LogP contribution in [0.25, 0.3) is 0 Å². The van der Waals surface area contributed by atoms with E-state index in [2.05, 4.69) is 15.3 Å². The zero-order valence-corrected chi connectivity index (χ0v) is 21.5. The number of alkyl halides is 2. The number of halogens is 4. The van der Waals surface area contributed by atoms with Crippen LogP contribution < -0.4 is 10.2 Å². The van der Waals surface area contributed by atoms with Gasteiger partial charge < -0.3 is 20.2 Å². The van der Waals surface area contributed by atoms with E-state index in [9.17, 15) is 23.1 Å². The van der Waals surface area contributed by atoms with E-state index >= 15 is 0 Å². The van der Waals surface area contributed by atoms with Crippen LogP contribution in [0.4, 0.5) is 36.3 Å².